The number of hydroxylamine groups is 1. The third-order valence-corrected chi connectivity index (χ3v) is 5.70. The lowest BCUT2D eigenvalue weighted by Crippen LogP contribution is -2.47. The lowest BCUT2D eigenvalue weighted by molar-refractivity contribution is 0.0705. The van der Waals surface area contributed by atoms with Crippen molar-refractivity contribution in [3.63, 3.8) is 0 Å². The zero-order valence-electron chi connectivity index (χ0n) is 13.9. The predicted octanol–water partition coefficient (Wildman–Crippen LogP) is 2.88. The van der Waals surface area contributed by atoms with Crippen LogP contribution in [0.15, 0.2) is 41.6 Å². The average Bonchev–Trinajstić information content (AvgIpc) is 3.28. The molecule has 4 rings (SSSR count). The predicted molar refractivity (Wildman–Crippen MR) is 93.8 cm³/mol. The summed E-state index contributed by atoms with van der Waals surface area (Å²) < 4.78 is 39.1. The average molecular weight is 399 g/mol. The molecule has 0 saturated carbocycles. The number of halogens is 3. The number of nitrogens with zero attached hydrogens (tertiary/aromatic N) is 4. The minimum absolute atomic E-state index is 0.0810. The molecule has 0 unspecified atom stereocenters. The molecule has 2 aliphatic heterocycles. The van der Waals surface area contributed by atoms with E-state index in [0.717, 1.165) is 12.5 Å². The fourth-order valence-electron chi connectivity index (χ4n) is 3.69. The van der Waals surface area contributed by atoms with E-state index in [1.54, 1.807) is 6.07 Å². The highest BCUT2D eigenvalue weighted by atomic mass is 32.3. The van der Waals surface area contributed by atoms with Crippen molar-refractivity contribution in [2.24, 2.45) is 0 Å². The van der Waals surface area contributed by atoms with Crippen molar-refractivity contribution < 1.29 is 21.7 Å². The van der Waals surface area contributed by atoms with Crippen molar-refractivity contribution in [3.8, 4) is 0 Å². The number of aromatic nitrogens is 2. The van der Waals surface area contributed by atoms with Crippen LogP contribution in [0.1, 0.15) is 16.8 Å². The first kappa shape index (κ1) is 17.9. The summed E-state index contributed by atoms with van der Waals surface area (Å²) in [6, 6.07) is 5.66. The van der Waals surface area contributed by atoms with Crippen LogP contribution >= 0.6 is 11.2 Å². The Balaban J connectivity index is 1.49. The first-order valence-corrected chi connectivity index (χ1v) is 9.52. The number of anilines is 2. The lowest BCUT2D eigenvalue weighted by Gasteiger charge is -2.35. The minimum Gasteiger partial charge on any atom is -0.365 e. The number of nitrogens with one attached hydrogen (secondary N) is 1. The molecular weight excluding hydrogens is 383 g/mol. The van der Waals surface area contributed by atoms with Crippen molar-refractivity contribution in [1.82, 2.24) is 15.4 Å². The standard InChI is InChI=1S/C16H16F3N5O2S/c17-27(18,19)14-3-1-2-11(5-14)23-8-13-4-12(23)9-24(13)16-20-6-10(7-21-16)15(25)22-26/h1-3,5-7,12-13,26H,4,8-9H2,(H,22,25)/t12-,13-/m0/s1. The first-order chi connectivity index (χ1) is 12.9. The third-order valence-electron chi connectivity index (χ3n) is 4.92. The van der Waals surface area contributed by atoms with Crippen molar-refractivity contribution >= 4 is 28.7 Å². The number of amides is 1. The molecule has 2 aromatic rings. The van der Waals surface area contributed by atoms with E-state index in [1.807, 2.05) is 9.80 Å². The number of rotatable bonds is 4. The number of carbonyl (C=O) groups excluding carboxylic acids is 1. The van der Waals surface area contributed by atoms with Gasteiger partial charge in [-0.15, -0.1) is 11.7 Å². The number of benzene rings is 1. The molecule has 11 heteroatoms. The third kappa shape index (κ3) is 3.28. The van der Waals surface area contributed by atoms with Gasteiger partial charge in [-0.1, -0.05) is 6.07 Å². The quantitative estimate of drug-likeness (QED) is 0.608. The van der Waals surface area contributed by atoms with Crippen molar-refractivity contribution in [3.05, 3.63) is 42.2 Å². The van der Waals surface area contributed by atoms with Crippen molar-refractivity contribution in [1.29, 1.82) is 0 Å². The van der Waals surface area contributed by atoms with E-state index in [-0.39, 0.29) is 17.6 Å². The molecule has 0 radical (unpaired) electrons. The summed E-state index contributed by atoms with van der Waals surface area (Å²) in [6.45, 7) is 1.18. The molecule has 2 bridgehead atoms. The second-order valence-electron chi connectivity index (χ2n) is 6.46. The lowest BCUT2D eigenvalue weighted by atomic mass is 10.2. The summed E-state index contributed by atoms with van der Waals surface area (Å²) in [5.41, 5.74) is 2.24. The van der Waals surface area contributed by atoms with Crippen LogP contribution in [0.3, 0.4) is 0 Å². The molecular formula is C16H16F3N5O2S. The summed E-state index contributed by atoms with van der Waals surface area (Å²) in [5.74, 6) is -0.229. The van der Waals surface area contributed by atoms with Gasteiger partial charge in [-0.2, -0.15) is 0 Å². The maximum Gasteiger partial charge on any atom is 0.277 e. The SMILES string of the molecule is O=C(NO)c1cnc(N2C[C@@H]3C[C@H]2CN3c2cccc(S(F)(F)F)c2)nc1. The molecule has 2 fully saturated rings. The van der Waals surface area contributed by atoms with Gasteiger partial charge in [0.15, 0.2) is 0 Å². The molecule has 2 aliphatic rings. The molecule has 7 nitrogen and oxygen atoms in total. The van der Waals surface area contributed by atoms with Gasteiger partial charge in [-0.05, 0) is 24.6 Å². The van der Waals surface area contributed by atoms with Crippen LogP contribution in [0, 0.1) is 0 Å². The monoisotopic (exact) mass is 399 g/mol. The molecule has 2 atom stereocenters. The highest BCUT2D eigenvalue weighted by Crippen LogP contribution is 2.61. The Kier molecular flexibility index (Phi) is 4.35. The van der Waals surface area contributed by atoms with Gasteiger partial charge in [-0.3, -0.25) is 10.0 Å². The molecule has 144 valence electrons. The van der Waals surface area contributed by atoms with E-state index in [4.69, 9.17) is 5.21 Å². The molecule has 1 aromatic heterocycles. The van der Waals surface area contributed by atoms with E-state index in [9.17, 15) is 16.5 Å². The van der Waals surface area contributed by atoms with Crippen LogP contribution in [0.4, 0.5) is 23.3 Å². The van der Waals surface area contributed by atoms with Gasteiger partial charge >= 0.3 is 0 Å². The van der Waals surface area contributed by atoms with Crippen LogP contribution in [0.5, 0.6) is 0 Å². The van der Waals surface area contributed by atoms with Gasteiger partial charge in [0, 0.05) is 37.2 Å². The Hall–Kier alpha value is -2.53. The van der Waals surface area contributed by atoms with Gasteiger partial charge in [0.25, 0.3) is 5.91 Å². The molecule has 2 saturated heterocycles. The normalized spacial score (nSPS) is 22.2. The Morgan fingerprint density at radius 2 is 1.81 bits per heavy atom. The zero-order valence-corrected chi connectivity index (χ0v) is 14.7. The van der Waals surface area contributed by atoms with E-state index in [0.29, 0.717) is 24.7 Å². The van der Waals surface area contributed by atoms with Gasteiger partial charge in [-0.25, -0.2) is 15.4 Å². The molecule has 3 heterocycles. The van der Waals surface area contributed by atoms with Crippen LogP contribution in [-0.4, -0.2) is 46.3 Å². The van der Waals surface area contributed by atoms with Crippen LogP contribution < -0.4 is 15.3 Å². The highest BCUT2D eigenvalue weighted by Gasteiger charge is 2.44. The summed E-state index contributed by atoms with van der Waals surface area (Å²) >= 11 is -5.24. The summed E-state index contributed by atoms with van der Waals surface area (Å²) in [6.07, 6.45) is 3.46. The van der Waals surface area contributed by atoms with Crippen LogP contribution in [0.2, 0.25) is 0 Å². The maximum atomic E-state index is 13.0. The molecule has 0 spiro atoms. The molecule has 2 N–H and O–H groups in total. The number of hydrogen-bond acceptors (Lipinski definition) is 6. The largest absolute Gasteiger partial charge is 0.365 e. The van der Waals surface area contributed by atoms with Gasteiger partial charge in [0.1, 0.15) is 0 Å². The topological polar surface area (TPSA) is 81.6 Å². The van der Waals surface area contributed by atoms with Crippen LogP contribution in [-0.2, 0) is 0 Å². The van der Waals surface area contributed by atoms with E-state index < -0.39 is 22.0 Å². The fraction of sp³-hybridized carbons (Fsp3) is 0.312. The molecule has 27 heavy (non-hydrogen) atoms. The molecule has 1 amide bonds. The Labute approximate surface area is 155 Å². The van der Waals surface area contributed by atoms with Crippen molar-refractivity contribution in [2.75, 3.05) is 22.9 Å². The van der Waals surface area contributed by atoms with Crippen LogP contribution in [0.25, 0.3) is 0 Å². The second-order valence-corrected chi connectivity index (χ2v) is 7.75. The number of piperazine rings is 1. The second kappa shape index (κ2) is 6.57. The minimum atomic E-state index is -5.24. The van der Waals surface area contributed by atoms with Crippen molar-refractivity contribution in [2.45, 2.75) is 23.4 Å². The number of fused-ring (bicyclic) bond motifs is 2. The van der Waals surface area contributed by atoms with E-state index in [1.165, 1.54) is 30.0 Å². The van der Waals surface area contributed by atoms with Gasteiger partial charge in [0.2, 0.25) is 17.1 Å². The number of hydrogen-bond donors (Lipinski definition) is 2. The molecule has 1 aromatic carbocycles. The summed E-state index contributed by atoms with van der Waals surface area (Å²) in [4.78, 5) is 23.1. The number of carbonyl (C=O) groups is 1. The zero-order chi connectivity index (χ0) is 19.2. The maximum absolute atomic E-state index is 13.0. The smallest absolute Gasteiger partial charge is 0.277 e. The Morgan fingerprint density at radius 3 is 2.41 bits per heavy atom. The van der Waals surface area contributed by atoms with Gasteiger partial charge < -0.3 is 9.80 Å². The summed E-state index contributed by atoms with van der Waals surface area (Å²) in [7, 11) is 0. The Bertz CT molecular complexity index is 864. The Morgan fingerprint density at radius 1 is 1.15 bits per heavy atom. The van der Waals surface area contributed by atoms with Gasteiger partial charge in [0.05, 0.1) is 16.5 Å². The molecule has 0 aliphatic carbocycles. The van der Waals surface area contributed by atoms with E-state index in [2.05, 4.69) is 9.97 Å². The summed E-state index contributed by atoms with van der Waals surface area (Å²) in [5, 5.41) is 8.62. The highest BCUT2D eigenvalue weighted by molar-refractivity contribution is 8.20. The fourth-order valence-corrected chi connectivity index (χ4v) is 4.17. The first-order valence-electron chi connectivity index (χ1n) is 8.19. The van der Waals surface area contributed by atoms with E-state index >= 15 is 0 Å².